The second kappa shape index (κ2) is 8.97. The predicted molar refractivity (Wildman–Crippen MR) is 116 cm³/mol. The lowest BCUT2D eigenvalue weighted by atomic mass is 9.97. The van der Waals surface area contributed by atoms with Crippen molar-refractivity contribution in [2.24, 2.45) is 0 Å². The highest BCUT2D eigenvalue weighted by Gasteiger charge is 2.33. The van der Waals surface area contributed by atoms with Gasteiger partial charge >= 0.3 is 0 Å². The maximum atomic E-state index is 13.3. The van der Waals surface area contributed by atoms with E-state index in [4.69, 9.17) is 34.8 Å². The van der Waals surface area contributed by atoms with Crippen LogP contribution >= 0.6 is 34.8 Å². The number of rotatable bonds is 3. The smallest absolute Gasteiger partial charge is 0.254 e. The van der Waals surface area contributed by atoms with Crippen LogP contribution in [0.15, 0.2) is 43.0 Å². The summed E-state index contributed by atoms with van der Waals surface area (Å²) in [5.41, 5.74) is 0.879. The summed E-state index contributed by atoms with van der Waals surface area (Å²) in [6.45, 7) is 3.82. The van der Waals surface area contributed by atoms with Crippen molar-refractivity contribution in [3.8, 4) is 22.9 Å². The van der Waals surface area contributed by atoms with Crippen LogP contribution < -0.4 is 0 Å². The van der Waals surface area contributed by atoms with Crippen molar-refractivity contribution in [1.82, 2.24) is 9.80 Å². The first-order valence-electron chi connectivity index (χ1n) is 8.86. The first kappa shape index (κ1) is 22.0. The van der Waals surface area contributed by atoms with Gasteiger partial charge in [0, 0.05) is 34.3 Å². The summed E-state index contributed by atoms with van der Waals surface area (Å²) in [5, 5.41) is 20.4. The van der Waals surface area contributed by atoms with Gasteiger partial charge in [0.25, 0.3) is 5.91 Å². The minimum absolute atomic E-state index is 0.00487. The van der Waals surface area contributed by atoms with Crippen molar-refractivity contribution in [3.05, 3.63) is 63.6 Å². The molecule has 1 aliphatic rings. The third-order valence-electron chi connectivity index (χ3n) is 4.78. The van der Waals surface area contributed by atoms with Crippen molar-refractivity contribution in [1.29, 1.82) is 5.26 Å². The van der Waals surface area contributed by atoms with Gasteiger partial charge in [-0.1, -0.05) is 41.4 Å². The van der Waals surface area contributed by atoms with Gasteiger partial charge in [0.2, 0.25) is 5.91 Å². The highest BCUT2D eigenvalue weighted by atomic mass is 35.5. The average Bonchev–Trinajstić information content (AvgIpc) is 2.73. The molecule has 1 atom stereocenters. The zero-order chi connectivity index (χ0) is 22.0. The molecule has 9 heteroatoms. The molecule has 2 aromatic carbocycles. The van der Waals surface area contributed by atoms with Crippen molar-refractivity contribution in [2.45, 2.75) is 6.04 Å². The van der Waals surface area contributed by atoms with Crippen LogP contribution in [-0.2, 0) is 4.79 Å². The monoisotopic (exact) mass is 463 g/mol. The fourth-order valence-electron chi connectivity index (χ4n) is 3.35. The summed E-state index contributed by atoms with van der Waals surface area (Å²) in [6, 6.07) is 8.60. The molecule has 1 fully saturated rings. The van der Waals surface area contributed by atoms with Gasteiger partial charge in [-0.25, -0.2) is 0 Å². The molecule has 2 amide bonds. The van der Waals surface area contributed by atoms with E-state index in [0.717, 1.165) is 6.08 Å². The normalized spacial score (nSPS) is 16.1. The van der Waals surface area contributed by atoms with Gasteiger partial charge in [0.15, 0.2) is 0 Å². The topological polar surface area (TPSA) is 84.6 Å². The van der Waals surface area contributed by atoms with Crippen LogP contribution in [0.2, 0.25) is 15.1 Å². The van der Waals surface area contributed by atoms with Gasteiger partial charge < -0.3 is 14.9 Å². The molecule has 2 aromatic rings. The number of benzene rings is 2. The minimum atomic E-state index is -0.820. The van der Waals surface area contributed by atoms with Crippen molar-refractivity contribution in [2.75, 3.05) is 19.6 Å². The first-order valence-corrected chi connectivity index (χ1v) is 10.00. The molecular weight excluding hydrogens is 449 g/mol. The summed E-state index contributed by atoms with van der Waals surface area (Å²) < 4.78 is 0. The van der Waals surface area contributed by atoms with Gasteiger partial charge in [0.1, 0.15) is 11.8 Å². The summed E-state index contributed by atoms with van der Waals surface area (Å²) in [4.78, 5) is 28.1. The Balaban J connectivity index is 2.03. The van der Waals surface area contributed by atoms with E-state index < -0.39 is 11.9 Å². The molecule has 30 heavy (non-hydrogen) atoms. The highest BCUT2D eigenvalue weighted by molar-refractivity contribution is 6.38. The lowest BCUT2D eigenvalue weighted by Gasteiger charge is -2.38. The van der Waals surface area contributed by atoms with E-state index in [2.05, 4.69) is 6.58 Å². The molecule has 154 valence electrons. The van der Waals surface area contributed by atoms with Gasteiger partial charge in [0.05, 0.1) is 23.2 Å². The van der Waals surface area contributed by atoms with E-state index in [1.165, 1.54) is 21.9 Å². The Bertz CT molecular complexity index is 1080. The van der Waals surface area contributed by atoms with Gasteiger partial charge in [-0.15, -0.1) is 0 Å². The number of amides is 2. The Labute approximate surface area is 188 Å². The Morgan fingerprint density at radius 3 is 2.57 bits per heavy atom. The van der Waals surface area contributed by atoms with E-state index in [9.17, 15) is 20.0 Å². The van der Waals surface area contributed by atoms with Crippen LogP contribution in [0.1, 0.15) is 10.4 Å². The summed E-state index contributed by atoms with van der Waals surface area (Å²) >= 11 is 18.8. The van der Waals surface area contributed by atoms with E-state index in [1.54, 1.807) is 18.2 Å². The van der Waals surface area contributed by atoms with E-state index >= 15 is 0 Å². The molecule has 0 bridgehead atoms. The molecule has 0 radical (unpaired) electrons. The van der Waals surface area contributed by atoms with Crippen LogP contribution in [0.25, 0.3) is 11.1 Å². The number of carbonyl (C=O) groups excluding carboxylic acids is 2. The Morgan fingerprint density at radius 1 is 1.17 bits per heavy atom. The van der Waals surface area contributed by atoms with Crippen LogP contribution in [0.4, 0.5) is 0 Å². The summed E-state index contributed by atoms with van der Waals surface area (Å²) in [5.74, 6) is -1.02. The molecule has 1 heterocycles. The maximum absolute atomic E-state index is 13.3. The molecule has 6 nitrogen and oxygen atoms in total. The number of carbonyl (C=O) groups is 2. The van der Waals surface area contributed by atoms with Crippen molar-refractivity contribution in [3.63, 3.8) is 0 Å². The molecule has 0 saturated carbocycles. The number of nitriles is 1. The number of aromatic hydroxyl groups is 1. The molecule has 3 rings (SSSR count). The standard InChI is InChI=1S/C21H16Cl3N3O3/c1-2-19(29)27-6-5-26(11-13(27)10-25)21(30)16-8-14(28)9-18(24)20(16)15-7-12(22)3-4-17(15)23/h2-4,7-9,13,28H,1,5-6,11H2. The molecule has 1 saturated heterocycles. The number of piperazine rings is 1. The number of hydrogen-bond donors (Lipinski definition) is 1. The van der Waals surface area contributed by atoms with Crippen LogP contribution in [0.5, 0.6) is 5.75 Å². The van der Waals surface area contributed by atoms with Crippen molar-refractivity contribution < 1.29 is 14.7 Å². The fourth-order valence-corrected chi connectivity index (χ4v) is 4.05. The molecule has 1 unspecified atom stereocenters. The first-order chi connectivity index (χ1) is 14.3. The lowest BCUT2D eigenvalue weighted by Crippen LogP contribution is -2.55. The van der Waals surface area contributed by atoms with Crippen molar-refractivity contribution >= 4 is 46.6 Å². The number of halogens is 3. The molecule has 1 aliphatic heterocycles. The van der Waals surface area contributed by atoms with Crippen LogP contribution in [0, 0.1) is 11.3 Å². The Kier molecular flexibility index (Phi) is 6.57. The second-order valence-corrected chi connectivity index (χ2v) is 7.86. The van der Waals surface area contributed by atoms with Crippen LogP contribution in [0.3, 0.4) is 0 Å². The highest BCUT2D eigenvalue weighted by Crippen LogP contribution is 2.40. The lowest BCUT2D eigenvalue weighted by molar-refractivity contribution is -0.129. The Hall–Kier alpha value is -2.72. The number of nitrogens with zero attached hydrogens (tertiary/aromatic N) is 3. The van der Waals surface area contributed by atoms with Crippen LogP contribution in [-0.4, -0.2) is 52.4 Å². The van der Waals surface area contributed by atoms with E-state index in [-0.39, 0.29) is 41.9 Å². The Morgan fingerprint density at radius 2 is 1.90 bits per heavy atom. The fraction of sp³-hybridized carbons (Fsp3) is 0.190. The minimum Gasteiger partial charge on any atom is -0.508 e. The zero-order valence-corrected chi connectivity index (χ0v) is 17.9. The van der Waals surface area contributed by atoms with E-state index in [0.29, 0.717) is 21.2 Å². The summed E-state index contributed by atoms with van der Waals surface area (Å²) in [6.07, 6.45) is 1.13. The molecule has 0 aromatic heterocycles. The second-order valence-electron chi connectivity index (χ2n) is 6.61. The van der Waals surface area contributed by atoms with Gasteiger partial charge in [-0.2, -0.15) is 5.26 Å². The predicted octanol–water partition coefficient (Wildman–Crippen LogP) is 4.38. The third-order valence-corrected chi connectivity index (χ3v) is 5.64. The molecule has 0 aliphatic carbocycles. The average molecular weight is 465 g/mol. The molecular formula is C21H16Cl3N3O3. The number of phenols is 1. The maximum Gasteiger partial charge on any atom is 0.254 e. The summed E-state index contributed by atoms with van der Waals surface area (Å²) in [7, 11) is 0. The molecule has 1 N–H and O–H groups in total. The van der Waals surface area contributed by atoms with Gasteiger partial charge in [-0.05, 0) is 36.4 Å². The van der Waals surface area contributed by atoms with E-state index in [1.807, 2.05) is 6.07 Å². The molecule has 0 spiro atoms. The zero-order valence-electron chi connectivity index (χ0n) is 15.6. The quantitative estimate of drug-likeness (QED) is 0.683. The van der Waals surface area contributed by atoms with Gasteiger partial charge in [-0.3, -0.25) is 9.59 Å². The number of phenolic OH excluding ortho intramolecular Hbond substituents is 1. The third kappa shape index (κ3) is 4.24. The number of hydrogen-bond acceptors (Lipinski definition) is 4. The SMILES string of the molecule is C=CC(=O)N1CCN(C(=O)c2cc(O)cc(Cl)c2-c2cc(Cl)ccc2Cl)CC1C#N. The largest absolute Gasteiger partial charge is 0.508 e.